The highest BCUT2D eigenvalue weighted by Gasteiger charge is 2.17. The van der Waals surface area contributed by atoms with E-state index in [0.717, 1.165) is 0 Å². The van der Waals surface area contributed by atoms with Gasteiger partial charge in [0.05, 0.1) is 6.54 Å². The molecule has 0 atom stereocenters. The summed E-state index contributed by atoms with van der Waals surface area (Å²) in [7, 11) is 1.47. The number of likely N-dealkylation sites (N-methyl/N-ethyl adjacent to an activating group) is 1. The number of hydrogen-bond donors (Lipinski definition) is 1. The first-order valence-corrected chi connectivity index (χ1v) is 6.92. The lowest BCUT2D eigenvalue weighted by molar-refractivity contribution is -0.133. The molecule has 2 N–H and O–H groups in total. The first-order chi connectivity index (χ1) is 10.5. The molecule has 118 valence electrons. The molecule has 7 nitrogen and oxygen atoms in total. The summed E-state index contributed by atoms with van der Waals surface area (Å²) in [5.74, 6) is 0.0887. The monoisotopic (exact) mass is 306 g/mol. The van der Waals surface area contributed by atoms with Crippen LogP contribution in [-0.2, 0) is 9.59 Å². The Balaban J connectivity index is 1.92. The van der Waals surface area contributed by atoms with Gasteiger partial charge in [0.1, 0.15) is 13.2 Å². The smallest absolute Gasteiger partial charge is 0.237 e. The van der Waals surface area contributed by atoms with Crippen molar-refractivity contribution in [2.75, 3.05) is 26.8 Å². The molecular weight excluding hydrogens is 288 g/mol. The first kappa shape index (κ1) is 15.8. The summed E-state index contributed by atoms with van der Waals surface area (Å²) >= 11 is 0. The summed E-state index contributed by atoms with van der Waals surface area (Å²) in [6, 6.07) is 4.95. The molecule has 22 heavy (non-hydrogen) atoms. The Kier molecular flexibility index (Phi) is 4.98. The van der Waals surface area contributed by atoms with Crippen LogP contribution in [0, 0.1) is 0 Å². The lowest BCUT2D eigenvalue weighted by Gasteiger charge is -2.18. The largest absolute Gasteiger partial charge is 0.486 e. The third-order valence-electron chi connectivity index (χ3n) is 3.25. The molecule has 0 saturated heterocycles. The highest BCUT2D eigenvalue weighted by molar-refractivity contribution is 5.98. The van der Waals surface area contributed by atoms with E-state index in [1.165, 1.54) is 11.9 Å². The number of ether oxygens (including phenoxy) is 2. The molecule has 2 amide bonds. The van der Waals surface area contributed by atoms with E-state index < -0.39 is 5.91 Å². The van der Waals surface area contributed by atoms with Crippen LogP contribution in [0.1, 0.15) is 23.2 Å². The Morgan fingerprint density at radius 3 is 2.50 bits per heavy atom. The summed E-state index contributed by atoms with van der Waals surface area (Å²) in [6.07, 6.45) is 0.0820. The first-order valence-electron chi connectivity index (χ1n) is 6.92. The standard InChI is InChI=1S/C15H18N2O5/c1-17(9-14(16)19)15(20)5-3-11(18)10-2-4-12-13(8-10)22-7-6-21-12/h2,4,8H,3,5-7,9H2,1H3,(H2,16,19). The van der Waals surface area contributed by atoms with Crippen LogP contribution in [0.3, 0.4) is 0 Å². The average molecular weight is 306 g/mol. The van der Waals surface area contributed by atoms with Crippen LogP contribution in [0.4, 0.5) is 0 Å². The minimum atomic E-state index is -0.589. The van der Waals surface area contributed by atoms with Crippen molar-refractivity contribution in [2.24, 2.45) is 5.73 Å². The highest BCUT2D eigenvalue weighted by atomic mass is 16.6. The Bertz CT molecular complexity index is 600. The van der Waals surface area contributed by atoms with E-state index in [4.69, 9.17) is 15.2 Å². The molecule has 1 aromatic carbocycles. The van der Waals surface area contributed by atoms with Crippen molar-refractivity contribution in [3.63, 3.8) is 0 Å². The number of nitrogens with two attached hydrogens (primary N) is 1. The Morgan fingerprint density at radius 1 is 1.14 bits per heavy atom. The van der Waals surface area contributed by atoms with Crippen LogP contribution in [0.25, 0.3) is 0 Å². The normalized spacial score (nSPS) is 12.6. The van der Waals surface area contributed by atoms with E-state index in [-0.39, 0.29) is 31.1 Å². The van der Waals surface area contributed by atoms with Crippen LogP contribution < -0.4 is 15.2 Å². The zero-order chi connectivity index (χ0) is 16.1. The summed E-state index contributed by atoms with van der Waals surface area (Å²) in [4.78, 5) is 35.8. The molecular formula is C15H18N2O5. The van der Waals surface area contributed by atoms with Gasteiger partial charge in [-0.2, -0.15) is 0 Å². The van der Waals surface area contributed by atoms with Gasteiger partial charge >= 0.3 is 0 Å². The molecule has 2 rings (SSSR count). The second-order valence-electron chi connectivity index (χ2n) is 5.00. The lowest BCUT2D eigenvalue weighted by atomic mass is 10.1. The zero-order valence-corrected chi connectivity index (χ0v) is 12.3. The third kappa shape index (κ3) is 3.97. The van der Waals surface area contributed by atoms with Crippen molar-refractivity contribution in [1.82, 2.24) is 4.90 Å². The minimum absolute atomic E-state index is 0.0249. The molecule has 1 aliphatic heterocycles. The fraction of sp³-hybridized carbons (Fsp3) is 0.400. The topological polar surface area (TPSA) is 98.9 Å². The third-order valence-corrected chi connectivity index (χ3v) is 3.25. The van der Waals surface area contributed by atoms with E-state index in [9.17, 15) is 14.4 Å². The number of hydrogen-bond acceptors (Lipinski definition) is 5. The lowest BCUT2D eigenvalue weighted by Crippen LogP contribution is -2.35. The van der Waals surface area contributed by atoms with Gasteiger partial charge in [0.25, 0.3) is 0 Å². The Morgan fingerprint density at radius 2 is 1.82 bits per heavy atom. The van der Waals surface area contributed by atoms with Gasteiger partial charge in [-0.3, -0.25) is 14.4 Å². The molecule has 0 unspecified atom stereocenters. The van der Waals surface area contributed by atoms with Gasteiger partial charge in [-0.15, -0.1) is 0 Å². The number of rotatable bonds is 6. The van der Waals surface area contributed by atoms with Gasteiger partial charge in [-0.1, -0.05) is 0 Å². The van der Waals surface area contributed by atoms with Crippen molar-refractivity contribution >= 4 is 17.6 Å². The molecule has 0 aliphatic carbocycles. The number of nitrogens with zero attached hydrogens (tertiary/aromatic N) is 1. The van der Waals surface area contributed by atoms with Crippen molar-refractivity contribution in [1.29, 1.82) is 0 Å². The van der Waals surface area contributed by atoms with Crippen LogP contribution >= 0.6 is 0 Å². The Labute approximate surface area is 128 Å². The average Bonchev–Trinajstić information content (AvgIpc) is 2.51. The maximum absolute atomic E-state index is 12.1. The number of amides is 2. The maximum Gasteiger partial charge on any atom is 0.237 e. The van der Waals surface area contributed by atoms with E-state index in [1.807, 2.05) is 0 Å². The SMILES string of the molecule is CN(CC(N)=O)C(=O)CCC(=O)c1ccc2c(c1)OCCO2. The number of carbonyl (C=O) groups excluding carboxylic acids is 3. The summed E-state index contributed by atoms with van der Waals surface area (Å²) in [6.45, 7) is 0.777. The quantitative estimate of drug-likeness (QED) is 0.765. The number of ketones is 1. The highest BCUT2D eigenvalue weighted by Crippen LogP contribution is 2.31. The van der Waals surface area contributed by atoms with Crippen LogP contribution in [0.15, 0.2) is 18.2 Å². The second kappa shape index (κ2) is 6.93. The number of Topliss-reactive ketones (excluding diaryl/α,β-unsaturated/α-hetero) is 1. The molecule has 0 saturated carbocycles. The predicted octanol–water partition coefficient (Wildman–Crippen LogP) is 0.364. The Hall–Kier alpha value is -2.57. The van der Waals surface area contributed by atoms with Crippen LogP contribution in [0.5, 0.6) is 11.5 Å². The van der Waals surface area contributed by atoms with Gasteiger partial charge in [0.15, 0.2) is 17.3 Å². The number of primary amides is 1. The molecule has 0 spiro atoms. The fourth-order valence-corrected chi connectivity index (χ4v) is 2.09. The number of benzene rings is 1. The molecule has 0 aromatic heterocycles. The number of fused-ring (bicyclic) bond motifs is 1. The molecule has 1 heterocycles. The predicted molar refractivity (Wildman–Crippen MR) is 77.8 cm³/mol. The van der Waals surface area contributed by atoms with E-state index in [0.29, 0.717) is 30.3 Å². The van der Waals surface area contributed by atoms with E-state index in [2.05, 4.69) is 0 Å². The van der Waals surface area contributed by atoms with Gasteiger partial charge in [-0.05, 0) is 18.2 Å². The van der Waals surface area contributed by atoms with E-state index >= 15 is 0 Å². The summed E-state index contributed by atoms with van der Waals surface area (Å²) < 4.78 is 10.8. The van der Waals surface area contributed by atoms with Crippen LogP contribution in [-0.4, -0.2) is 49.3 Å². The molecule has 0 bridgehead atoms. The van der Waals surface area contributed by atoms with Crippen molar-refractivity contribution in [2.45, 2.75) is 12.8 Å². The molecule has 0 radical (unpaired) electrons. The molecule has 1 aliphatic rings. The van der Waals surface area contributed by atoms with Gasteiger partial charge in [-0.25, -0.2) is 0 Å². The molecule has 1 aromatic rings. The summed E-state index contributed by atoms with van der Waals surface area (Å²) in [5.41, 5.74) is 5.48. The number of carbonyl (C=O) groups is 3. The van der Waals surface area contributed by atoms with Crippen molar-refractivity contribution in [3.8, 4) is 11.5 Å². The van der Waals surface area contributed by atoms with Gasteiger partial charge in [0.2, 0.25) is 11.8 Å². The fourth-order valence-electron chi connectivity index (χ4n) is 2.09. The van der Waals surface area contributed by atoms with Crippen molar-refractivity contribution in [3.05, 3.63) is 23.8 Å². The van der Waals surface area contributed by atoms with Gasteiger partial charge in [0, 0.05) is 25.5 Å². The second-order valence-corrected chi connectivity index (χ2v) is 5.00. The van der Waals surface area contributed by atoms with Crippen molar-refractivity contribution < 1.29 is 23.9 Å². The molecule has 0 fully saturated rings. The minimum Gasteiger partial charge on any atom is -0.486 e. The maximum atomic E-state index is 12.1. The summed E-state index contributed by atoms with van der Waals surface area (Å²) in [5, 5.41) is 0. The van der Waals surface area contributed by atoms with Gasteiger partial charge < -0.3 is 20.1 Å². The van der Waals surface area contributed by atoms with Crippen LogP contribution in [0.2, 0.25) is 0 Å². The molecule has 7 heteroatoms. The zero-order valence-electron chi connectivity index (χ0n) is 12.3. The van der Waals surface area contributed by atoms with E-state index in [1.54, 1.807) is 18.2 Å².